The van der Waals surface area contributed by atoms with Gasteiger partial charge in [-0.1, -0.05) is 23.2 Å². The Morgan fingerprint density at radius 3 is 2.57 bits per heavy atom. The molecule has 0 amide bonds. The Labute approximate surface area is 91.2 Å². The number of hydrogen-bond donors (Lipinski definition) is 1. The van der Waals surface area contributed by atoms with Crippen LogP contribution < -0.4 is 4.74 Å². The van der Waals surface area contributed by atoms with Gasteiger partial charge in [0.05, 0.1) is 17.2 Å². The summed E-state index contributed by atoms with van der Waals surface area (Å²) in [5.41, 5.74) is -0.0277. The lowest BCUT2D eigenvalue weighted by Gasteiger charge is -2.08. The van der Waals surface area contributed by atoms with E-state index in [1.165, 1.54) is 12.1 Å². The van der Waals surface area contributed by atoms with Crippen LogP contribution in [0.5, 0.6) is 5.75 Å². The van der Waals surface area contributed by atoms with E-state index in [2.05, 4.69) is 0 Å². The Bertz CT molecular complexity index is 363. The number of hydrogen-bond acceptors (Lipinski definition) is 2. The Morgan fingerprint density at radius 1 is 1.43 bits per heavy atom. The van der Waals surface area contributed by atoms with Crippen LogP contribution in [-0.4, -0.2) is 17.7 Å². The van der Waals surface area contributed by atoms with Crippen molar-refractivity contribution in [3.05, 3.63) is 27.7 Å². The average Bonchev–Trinajstić information content (AvgIpc) is 2.13. The third kappa shape index (κ3) is 2.11. The van der Waals surface area contributed by atoms with Crippen LogP contribution in [-0.2, 0) is 0 Å². The monoisotopic (exact) mass is 234 g/mol. The van der Waals surface area contributed by atoms with Crippen LogP contribution >= 0.6 is 23.2 Å². The van der Waals surface area contributed by atoms with Crippen molar-refractivity contribution in [2.24, 2.45) is 0 Å². The molecule has 14 heavy (non-hydrogen) atoms. The molecule has 0 aliphatic heterocycles. The molecule has 0 bridgehead atoms. The Balaban J connectivity index is 3.19. The van der Waals surface area contributed by atoms with Crippen molar-refractivity contribution in [2.45, 2.75) is 6.92 Å². The Morgan fingerprint density at radius 2 is 2.07 bits per heavy atom. The number of benzene rings is 1. The Kier molecular flexibility index (Phi) is 3.61. The molecule has 0 aromatic heterocycles. The molecule has 1 N–H and O–H groups in total. The fourth-order valence-electron chi connectivity index (χ4n) is 0.964. The standard InChI is InChI=1S/C9H8Cl2O3/c1-2-14-6-4-3-5(9(12)13)7(10)8(6)11/h3-4H,2H2,1H3,(H,12,13). The quantitative estimate of drug-likeness (QED) is 0.875. The van der Waals surface area contributed by atoms with Gasteiger partial charge in [-0.2, -0.15) is 0 Å². The van der Waals surface area contributed by atoms with Gasteiger partial charge in [-0.3, -0.25) is 0 Å². The highest BCUT2D eigenvalue weighted by Crippen LogP contribution is 2.34. The zero-order chi connectivity index (χ0) is 10.7. The fraction of sp³-hybridized carbons (Fsp3) is 0.222. The molecule has 0 atom stereocenters. The van der Waals surface area contributed by atoms with Crippen LogP contribution in [0, 0.1) is 0 Å². The Hall–Kier alpha value is -0.930. The molecule has 1 rings (SSSR count). The molecule has 1 aromatic carbocycles. The van der Waals surface area contributed by atoms with Gasteiger partial charge in [0.15, 0.2) is 0 Å². The van der Waals surface area contributed by atoms with Crippen molar-refractivity contribution in [1.29, 1.82) is 0 Å². The van der Waals surface area contributed by atoms with E-state index in [-0.39, 0.29) is 15.6 Å². The molecule has 0 aliphatic rings. The fourth-order valence-corrected chi connectivity index (χ4v) is 1.42. The van der Waals surface area contributed by atoms with Crippen molar-refractivity contribution < 1.29 is 14.6 Å². The lowest BCUT2D eigenvalue weighted by molar-refractivity contribution is 0.0697. The second-order valence-corrected chi connectivity index (χ2v) is 3.23. The summed E-state index contributed by atoms with van der Waals surface area (Å²) in [7, 11) is 0. The van der Waals surface area contributed by atoms with Crippen LogP contribution in [0.15, 0.2) is 12.1 Å². The van der Waals surface area contributed by atoms with Crippen LogP contribution in [0.2, 0.25) is 10.0 Å². The van der Waals surface area contributed by atoms with Gasteiger partial charge in [-0.05, 0) is 19.1 Å². The maximum Gasteiger partial charge on any atom is 0.337 e. The molecule has 0 unspecified atom stereocenters. The molecule has 0 aliphatic carbocycles. The number of carbonyl (C=O) groups is 1. The summed E-state index contributed by atoms with van der Waals surface area (Å²) in [6.45, 7) is 2.25. The van der Waals surface area contributed by atoms with E-state index in [9.17, 15) is 4.79 Å². The van der Waals surface area contributed by atoms with Gasteiger partial charge in [0.25, 0.3) is 0 Å². The van der Waals surface area contributed by atoms with E-state index in [4.69, 9.17) is 33.0 Å². The number of ether oxygens (including phenoxy) is 1. The molecule has 3 nitrogen and oxygen atoms in total. The van der Waals surface area contributed by atoms with Gasteiger partial charge < -0.3 is 9.84 Å². The minimum atomic E-state index is -1.11. The van der Waals surface area contributed by atoms with Crippen LogP contribution in [0.3, 0.4) is 0 Å². The molecule has 0 radical (unpaired) electrons. The van der Waals surface area contributed by atoms with Gasteiger partial charge in [-0.15, -0.1) is 0 Å². The third-order valence-electron chi connectivity index (χ3n) is 1.58. The summed E-state index contributed by atoms with van der Waals surface area (Å²) in [5, 5.41) is 8.86. The van der Waals surface area contributed by atoms with Gasteiger partial charge in [0.2, 0.25) is 0 Å². The summed E-state index contributed by atoms with van der Waals surface area (Å²) < 4.78 is 5.14. The number of carboxylic acids is 1. The van der Waals surface area contributed by atoms with Crippen LogP contribution in [0.25, 0.3) is 0 Å². The summed E-state index contributed by atoms with van der Waals surface area (Å²) >= 11 is 11.5. The van der Waals surface area contributed by atoms with Crippen molar-refractivity contribution >= 4 is 29.2 Å². The highest BCUT2D eigenvalue weighted by Gasteiger charge is 2.15. The molecular formula is C9H8Cl2O3. The maximum atomic E-state index is 10.7. The molecule has 0 saturated heterocycles. The van der Waals surface area contributed by atoms with E-state index in [0.29, 0.717) is 12.4 Å². The summed E-state index contributed by atoms with van der Waals surface area (Å²) in [5.74, 6) is -0.718. The number of carboxylic acid groups (broad SMARTS) is 1. The largest absolute Gasteiger partial charge is 0.492 e. The molecule has 0 saturated carbocycles. The van der Waals surface area contributed by atoms with E-state index >= 15 is 0 Å². The second-order valence-electron chi connectivity index (χ2n) is 2.48. The van der Waals surface area contributed by atoms with Gasteiger partial charge in [0, 0.05) is 0 Å². The van der Waals surface area contributed by atoms with Crippen molar-refractivity contribution in [1.82, 2.24) is 0 Å². The number of aromatic carboxylic acids is 1. The first-order valence-corrected chi connectivity index (χ1v) is 4.67. The van der Waals surface area contributed by atoms with Crippen LogP contribution in [0.4, 0.5) is 0 Å². The van der Waals surface area contributed by atoms with Gasteiger partial charge in [0.1, 0.15) is 10.8 Å². The molecule has 0 fully saturated rings. The smallest absolute Gasteiger partial charge is 0.337 e. The first-order chi connectivity index (χ1) is 6.57. The zero-order valence-electron chi connectivity index (χ0n) is 7.38. The van der Waals surface area contributed by atoms with E-state index in [1.54, 1.807) is 6.92 Å². The molecule has 5 heteroatoms. The topological polar surface area (TPSA) is 46.5 Å². The summed E-state index contributed by atoms with van der Waals surface area (Å²) in [6, 6.07) is 2.85. The zero-order valence-corrected chi connectivity index (χ0v) is 8.89. The maximum absolute atomic E-state index is 10.7. The normalized spacial score (nSPS) is 9.93. The van der Waals surface area contributed by atoms with Gasteiger partial charge >= 0.3 is 5.97 Å². The predicted molar refractivity (Wildman–Crippen MR) is 54.6 cm³/mol. The summed E-state index contributed by atoms with van der Waals surface area (Å²) in [6.07, 6.45) is 0. The van der Waals surface area contributed by atoms with E-state index < -0.39 is 5.97 Å². The number of halogens is 2. The summed E-state index contributed by atoms with van der Waals surface area (Å²) in [4.78, 5) is 10.7. The second kappa shape index (κ2) is 4.53. The van der Waals surface area contributed by atoms with Crippen LogP contribution in [0.1, 0.15) is 17.3 Å². The molecule has 76 valence electrons. The lowest BCUT2D eigenvalue weighted by atomic mass is 10.2. The van der Waals surface area contributed by atoms with Crippen molar-refractivity contribution in [3.8, 4) is 5.75 Å². The third-order valence-corrected chi connectivity index (χ3v) is 2.44. The van der Waals surface area contributed by atoms with Crippen molar-refractivity contribution in [2.75, 3.05) is 6.61 Å². The highest BCUT2D eigenvalue weighted by molar-refractivity contribution is 6.44. The minimum Gasteiger partial charge on any atom is -0.492 e. The molecule has 1 aromatic rings. The highest BCUT2D eigenvalue weighted by atomic mass is 35.5. The predicted octanol–water partition coefficient (Wildman–Crippen LogP) is 3.09. The molecule has 0 spiro atoms. The molecule has 0 heterocycles. The van der Waals surface area contributed by atoms with E-state index in [0.717, 1.165) is 0 Å². The minimum absolute atomic E-state index is 0.00474. The SMILES string of the molecule is CCOc1ccc(C(=O)O)c(Cl)c1Cl. The first kappa shape index (κ1) is 11.1. The average molecular weight is 235 g/mol. The number of rotatable bonds is 3. The lowest BCUT2D eigenvalue weighted by Crippen LogP contribution is -1.99. The first-order valence-electron chi connectivity index (χ1n) is 3.92. The van der Waals surface area contributed by atoms with E-state index in [1.807, 2.05) is 0 Å². The van der Waals surface area contributed by atoms with Crippen molar-refractivity contribution in [3.63, 3.8) is 0 Å². The van der Waals surface area contributed by atoms with Gasteiger partial charge in [-0.25, -0.2) is 4.79 Å². The molecular weight excluding hydrogens is 227 g/mol.